The molecule has 0 unspecified atom stereocenters. The predicted octanol–water partition coefficient (Wildman–Crippen LogP) is 4.64. The van der Waals surface area contributed by atoms with Crippen LogP contribution in [0.3, 0.4) is 0 Å². The van der Waals surface area contributed by atoms with Gasteiger partial charge in [-0.05, 0) is 60.7 Å². The zero-order valence-electron chi connectivity index (χ0n) is 16.0. The summed E-state index contributed by atoms with van der Waals surface area (Å²) in [6.45, 7) is 7.26. The van der Waals surface area contributed by atoms with E-state index in [0.717, 1.165) is 16.7 Å². The van der Waals surface area contributed by atoms with Gasteiger partial charge in [-0.15, -0.1) is 0 Å². The Morgan fingerprint density at radius 2 is 1.81 bits per heavy atom. The van der Waals surface area contributed by atoms with Crippen LogP contribution in [-0.4, -0.2) is 25.1 Å². The van der Waals surface area contributed by atoms with Gasteiger partial charge in [0.2, 0.25) is 0 Å². The fourth-order valence-electron chi connectivity index (χ4n) is 2.52. The first-order valence-corrected chi connectivity index (χ1v) is 9.09. The van der Waals surface area contributed by atoms with Crippen LogP contribution in [0.15, 0.2) is 36.4 Å². The van der Waals surface area contributed by atoms with Crippen LogP contribution in [0.1, 0.15) is 36.5 Å². The van der Waals surface area contributed by atoms with Gasteiger partial charge in [0.25, 0.3) is 5.91 Å². The largest absolute Gasteiger partial charge is 0.482 e. The van der Waals surface area contributed by atoms with Crippen molar-refractivity contribution in [3.63, 3.8) is 0 Å². The lowest BCUT2D eigenvalue weighted by Crippen LogP contribution is -2.24. The second-order valence-corrected chi connectivity index (χ2v) is 7.09. The lowest BCUT2D eigenvalue weighted by atomic mass is 10.0. The van der Waals surface area contributed by atoms with E-state index >= 15 is 0 Å². The molecule has 2 aromatic carbocycles. The SMILES string of the molecule is Cc1ccc(C(C)C)c(OCC(=O)OCC(=O)Nc2ccc(Cl)cc2C)c1. The summed E-state index contributed by atoms with van der Waals surface area (Å²) in [6, 6.07) is 11.0. The first-order valence-electron chi connectivity index (χ1n) is 8.71. The minimum absolute atomic E-state index is 0.254. The van der Waals surface area contributed by atoms with Gasteiger partial charge in [-0.25, -0.2) is 4.79 Å². The van der Waals surface area contributed by atoms with Crippen LogP contribution in [0.25, 0.3) is 0 Å². The predicted molar refractivity (Wildman–Crippen MR) is 107 cm³/mol. The molecule has 0 aliphatic rings. The Labute approximate surface area is 164 Å². The third-order valence-electron chi connectivity index (χ3n) is 3.96. The number of aryl methyl sites for hydroxylation is 2. The highest BCUT2D eigenvalue weighted by Crippen LogP contribution is 2.27. The quantitative estimate of drug-likeness (QED) is 0.700. The first kappa shape index (κ1) is 20.8. The molecule has 2 aromatic rings. The van der Waals surface area contributed by atoms with Gasteiger partial charge in [0, 0.05) is 10.7 Å². The van der Waals surface area contributed by atoms with E-state index in [1.807, 2.05) is 32.0 Å². The van der Waals surface area contributed by atoms with Crippen molar-refractivity contribution in [1.29, 1.82) is 0 Å². The number of rotatable bonds is 7. The number of halogens is 1. The Morgan fingerprint density at radius 3 is 2.48 bits per heavy atom. The first-order chi connectivity index (χ1) is 12.8. The number of hydrogen-bond donors (Lipinski definition) is 1. The molecule has 2 rings (SSSR count). The minimum Gasteiger partial charge on any atom is -0.482 e. The number of hydrogen-bond acceptors (Lipinski definition) is 4. The van der Waals surface area contributed by atoms with Crippen molar-refractivity contribution in [2.24, 2.45) is 0 Å². The Bertz CT molecular complexity index is 833. The van der Waals surface area contributed by atoms with Crippen LogP contribution in [0, 0.1) is 13.8 Å². The van der Waals surface area contributed by atoms with Crippen LogP contribution >= 0.6 is 11.6 Å². The Morgan fingerprint density at radius 1 is 1.07 bits per heavy atom. The summed E-state index contributed by atoms with van der Waals surface area (Å²) in [5.41, 5.74) is 3.51. The molecule has 144 valence electrons. The molecule has 0 atom stereocenters. The van der Waals surface area contributed by atoms with E-state index in [4.69, 9.17) is 21.1 Å². The summed E-state index contributed by atoms with van der Waals surface area (Å²) >= 11 is 5.89. The third kappa shape index (κ3) is 6.29. The van der Waals surface area contributed by atoms with Crippen molar-refractivity contribution < 1.29 is 19.1 Å². The van der Waals surface area contributed by atoms with Crippen molar-refractivity contribution in [3.8, 4) is 5.75 Å². The highest BCUT2D eigenvalue weighted by Gasteiger charge is 2.13. The highest BCUT2D eigenvalue weighted by atomic mass is 35.5. The van der Waals surface area contributed by atoms with Crippen molar-refractivity contribution in [3.05, 3.63) is 58.1 Å². The smallest absolute Gasteiger partial charge is 0.344 e. The van der Waals surface area contributed by atoms with Gasteiger partial charge >= 0.3 is 5.97 Å². The van der Waals surface area contributed by atoms with Crippen LogP contribution in [0.4, 0.5) is 5.69 Å². The number of nitrogens with one attached hydrogen (secondary N) is 1. The molecule has 1 amide bonds. The molecular weight excluding hydrogens is 366 g/mol. The van der Waals surface area contributed by atoms with E-state index in [1.54, 1.807) is 18.2 Å². The normalized spacial score (nSPS) is 10.6. The van der Waals surface area contributed by atoms with Gasteiger partial charge in [0.15, 0.2) is 13.2 Å². The Balaban J connectivity index is 1.84. The van der Waals surface area contributed by atoms with Crippen LogP contribution in [0.5, 0.6) is 5.75 Å². The third-order valence-corrected chi connectivity index (χ3v) is 4.20. The van der Waals surface area contributed by atoms with Gasteiger partial charge in [0.1, 0.15) is 5.75 Å². The summed E-state index contributed by atoms with van der Waals surface area (Å²) in [7, 11) is 0. The monoisotopic (exact) mass is 389 g/mol. The zero-order valence-corrected chi connectivity index (χ0v) is 16.7. The molecule has 0 aromatic heterocycles. The zero-order chi connectivity index (χ0) is 20.0. The van der Waals surface area contributed by atoms with E-state index in [9.17, 15) is 9.59 Å². The lowest BCUT2D eigenvalue weighted by molar-refractivity contribution is -0.149. The molecule has 27 heavy (non-hydrogen) atoms. The number of anilines is 1. The summed E-state index contributed by atoms with van der Waals surface area (Å²) in [5.74, 6) is -0.102. The number of ether oxygens (including phenoxy) is 2. The summed E-state index contributed by atoms with van der Waals surface area (Å²) < 4.78 is 10.6. The highest BCUT2D eigenvalue weighted by molar-refractivity contribution is 6.30. The number of esters is 1. The lowest BCUT2D eigenvalue weighted by Gasteiger charge is -2.14. The standard InChI is InChI=1S/C21H24ClNO4/c1-13(2)17-7-5-14(3)9-19(17)26-12-21(25)27-11-20(24)23-18-8-6-16(22)10-15(18)4/h5-10,13H,11-12H2,1-4H3,(H,23,24). The average molecular weight is 390 g/mol. The van der Waals surface area contributed by atoms with Crippen molar-refractivity contribution >= 4 is 29.2 Å². The van der Waals surface area contributed by atoms with Crippen LogP contribution in [-0.2, 0) is 14.3 Å². The fourth-order valence-corrected chi connectivity index (χ4v) is 2.75. The summed E-state index contributed by atoms with van der Waals surface area (Å²) in [4.78, 5) is 23.9. The van der Waals surface area contributed by atoms with Crippen molar-refractivity contribution in [1.82, 2.24) is 0 Å². The van der Waals surface area contributed by atoms with Crippen molar-refractivity contribution in [2.45, 2.75) is 33.6 Å². The molecule has 0 radical (unpaired) electrons. The maximum absolute atomic E-state index is 12.0. The molecule has 6 heteroatoms. The molecule has 0 saturated heterocycles. The summed E-state index contributed by atoms with van der Waals surface area (Å²) in [5, 5.41) is 3.27. The molecule has 0 heterocycles. The topological polar surface area (TPSA) is 64.6 Å². The van der Waals surface area contributed by atoms with Crippen LogP contribution in [0.2, 0.25) is 5.02 Å². The maximum atomic E-state index is 12.0. The number of amides is 1. The molecular formula is C21H24ClNO4. The molecule has 5 nitrogen and oxygen atoms in total. The van der Waals surface area contributed by atoms with Gasteiger partial charge in [-0.3, -0.25) is 4.79 Å². The summed E-state index contributed by atoms with van der Waals surface area (Å²) in [6.07, 6.45) is 0. The Hall–Kier alpha value is -2.53. The van der Waals surface area contributed by atoms with E-state index < -0.39 is 11.9 Å². The Kier molecular flexibility index (Phi) is 7.25. The molecule has 0 bridgehead atoms. The average Bonchev–Trinajstić information content (AvgIpc) is 2.60. The second-order valence-electron chi connectivity index (χ2n) is 6.65. The van der Waals surface area contributed by atoms with Gasteiger partial charge in [0.05, 0.1) is 0 Å². The second kappa shape index (κ2) is 9.42. The minimum atomic E-state index is -0.603. The van der Waals surface area contributed by atoms with E-state index in [1.165, 1.54) is 0 Å². The number of benzene rings is 2. The number of carbonyl (C=O) groups is 2. The molecule has 0 saturated carbocycles. The molecule has 0 spiro atoms. The van der Waals surface area contributed by atoms with Crippen LogP contribution < -0.4 is 10.1 Å². The van der Waals surface area contributed by atoms with Gasteiger partial charge < -0.3 is 14.8 Å². The van der Waals surface area contributed by atoms with E-state index in [-0.39, 0.29) is 19.1 Å². The van der Waals surface area contributed by atoms with Gasteiger partial charge in [-0.1, -0.05) is 37.6 Å². The van der Waals surface area contributed by atoms with Crippen molar-refractivity contribution in [2.75, 3.05) is 18.5 Å². The van der Waals surface area contributed by atoms with E-state index in [2.05, 4.69) is 19.2 Å². The fraction of sp³-hybridized carbons (Fsp3) is 0.333. The van der Waals surface area contributed by atoms with E-state index in [0.29, 0.717) is 16.5 Å². The molecule has 0 aliphatic heterocycles. The molecule has 0 aliphatic carbocycles. The van der Waals surface area contributed by atoms with Gasteiger partial charge in [-0.2, -0.15) is 0 Å². The number of carbonyl (C=O) groups excluding carboxylic acids is 2. The molecule has 0 fully saturated rings. The molecule has 1 N–H and O–H groups in total. The maximum Gasteiger partial charge on any atom is 0.344 e.